The van der Waals surface area contributed by atoms with Crippen molar-refractivity contribution in [2.45, 2.75) is 6.92 Å². The van der Waals surface area contributed by atoms with Crippen LogP contribution in [0.5, 0.6) is 0 Å². The van der Waals surface area contributed by atoms with Crippen molar-refractivity contribution in [1.29, 1.82) is 0 Å². The Bertz CT molecular complexity index is 497. The average molecular weight is 206 g/mol. The molecule has 0 aromatic carbocycles. The third kappa shape index (κ3) is 1.41. The highest BCUT2D eigenvalue weighted by Gasteiger charge is 2.19. The van der Waals surface area contributed by atoms with Crippen molar-refractivity contribution in [2.24, 2.45) is 7.05 Å². The smallest absolute Gasteiger partial charge is 0.354 e. The molecule has 0 aliphatic carbocycles. The van der Waals surface area contributed by atoms with Crippen LogP contribution in [-0.2, 0) is 7.05 Å². The van der Waals surface area contributed by atoms with Gasteiger partial charge in [0.2, 0.25) is 0 Å². The number of aromatic carboxylic acids is 1. The van der Waals surface area contributed by atoms with Gasteiger partial charge in [0, 0.05) is 7.05 Å². The van der Waals surface area contributed by atoms with Gasteiger partial charge in [-0.15, -0.1) is 0 Å². The number of carboxylic acids is 1. The Balaban J connectivity index is 2.61. The highest BCUT2D eigenvalue weighted by atomic mass is 16.4. The van der Waals surface area contributed by atoms with Gasteiger partial charge in [-0.2, -0.15) is 0 Å². The second kappa shape index (κ2) is 3.27. The Morgan fingerprint density at radius 2 is 2.33 bits per heavy atom. The van der Waals surface area contributed by atoms with Gasteiger partial charge >= 0.3 is 5.97 Å². The average Bonchev–Trinajstić information content (AvgIpc) is 2.72. The van der Waals surface area contributed by atoms with Gasteiger partial charge in [0.15, 0.2) is 11.6 Å². The molecule has 0 aliphatic rings. The van der Waals surface area contributed by atoms with Gasteiger partial charge in [-0.25, -0.2) is 9.78 Å². The van der Waals surface area contributed by atoms with Crippen molar-refractivity contribution >= 4 is 5.97 Å². The van der Waals surface area contributed by atoms with E-state index in [1.165, 1.54) is 10.8 Å². The summed E-state index contributed by atoms with van der Waals surface area (Å²) in [5.41, 5.74) is 0.665. The number of rotatable bonds is 2. The van der Waals surface area contributed by atoms with Gasteiger partial charge in [0.1, 0.15) is 5.69 Å². The molecule has 2 heterocycles. The number of aromatic nitrogens is 2. The summed E-state index contributed by atoms with van der Waals surface area (Å²) in [5.74, 6) is 0.100. The van der Waals surface area contributed by atoms with E-state index in [4.69, 9.17) is 9.52 Å². The third-order valence-corrected chi connectivity index (χ3v) is 2.21. The Kier molecular flexibility index (Phi) is 2.07. The topological polar surface area (TPSA) is 68.3 Å². The number of carboxylic acid groups (broad SMARTS) is 1. The lowest BCUT2D eigenvalue weighted by Gasteiger charge is -1.99. The zero-order valence-corrected chi connectivity index (χ0v) is 8.39. The summed E-state index contributed by atoms with van der Waals surface area (Å²) in [7, 11) is 1.65. The molecule has 0 fully saturated rings. The van der Waals surface area contributed by atoms with E-state index in [2.05, 4.69) is 4.98 Å². The van der Waals surface area contributed by atoms with Gasteiger partial charge in [0.25, 0.3) is 0 Å². The Hall–Kier alpha value is -2.04. The summed E-state index contributed by atoms with van der Waals surface area (Å²) in [5, 5.41) is 8.97. The highest BCUT2D eigenvalue weighted by Crippen LogP contribution is 2.21. The molecule has 2 aromatic rings. The SMILES string of the molecule is Cc1nc(-c2ccco2)n(C)c1C(=O)O. The Morgan fingerprint density at radius 1 is 1.60 bits per heavy atom. The van der Waals surface area contributed by atoms with E-state index >= 15 is 0 Å². The molecule has 15 heavy (non-hydrogen) atoms. The first-order valence-corrected chi connectivity index (χ1v) is 4.41. The molecular weight excluding hydrogens is 196 g/mol. The van der Waals surface area contributed by atoms with Crippen LogP contribution < -0.4 is 0 Å². The largest absolute Gasteiger partial charge is 0.477 e. The number of furan rings is 1. The lowest BCUT2D eigenvalue weighted by atomic mass is 10.3. The molecule has 0 radical (unpaired) electrons. The molecule has 0 spiro atoms. The summed E-state index contributed by atoms with van der Waals surface area (Å²) < 4.78 is 6.68. The third-order valence-electron chi connectivity index (χ3n) is 2.21. The molecule has 0 aliphatic heterocycles. The summed E-state index contributed by atoms with van der Waals surface area (Å²) in [4.78, 5) is 15.1. The zero-order chi connectivity index (χ0) is 11.0. The second-order valence-corrected chi connectivity index (χ2v) is 3.21. The number of imidazole rings is 1. The van der Waals surface area contributed by atoms with Crippen LogP contribution in [0.2, 0.25) is 0 Å². The molecule has 5 heteroatoms. The van der Waals surface area contributed by atoms with Crippen molar-refractivity contribution in [3.05, 3.63) is 29.8 Å². The standard InChI is InChI=1S/C10H10N2O3/c1-6-8(10(13)14)12(2)9(11-6)7-4-3-5-15-7/h3-5H,1-2H3,(H,13,14). The first kappa shape index (κ1) is 9.51. The van der Waals surface area contributed by atoms with E-state index in [0.717, 1.165) is 0 Å². The molecule has 1 N–H and O–H groups in total. The van der Waals surface area contributed by atoms with E-state index in [9.17, 15) is 4.79 Å². The fourth-order valence-electron chi connectivity index (χ4n) is 1.56. The summed E-state index contributed by atoms with van der Waals surface area (Å²) in [6.07, 6.45) is 1.53. The van der Waals surface area contributed by atoms with Crippen molar-refractivity contribution in [2.75, 3.05) is 0 Å². The maximum absolute atomic E-state index is 10.9. The quantitative estimate of drug-likeness (QED) is 0.811. The van der Waals surface area contributed by atoms with Crippen LogP contribution in [-0.4, -0.2) is 20.6 Å². The molecule has 0 atom stereocenters. The van der Waals surface area contributed by atoms with Crippen LogP contribution in [0.1, 0.15) is 16.2 Å². The molecule has 0 amide bonds. The highest BCUT2D eigenvalue weighted by molar-refractivity contribution is 5.88. The minimum Gasteiger partial charge on any atom is -0.477 e. The number of aryl methyl sites for hydroxylation is 1. The number of carbonyl (C=O) groups is 1. The summed E-state index contributed by atoms with van der Waals surface area (Å²) in [6.45, 7) is 1.66. The molecule has 78 valence electrons. The molecule has 0 unspecified atom stereocenters. The predicted molar refractivity (Wildman–Crippen MR) is 52.6 cm³/mol. The maximum atomic E-state index is 10.9. The number of hydrogen-bond acceptors (Lipinski definition) is 3. The molecule has 2 rings (SSSR count). The van der Waals surface area contributed by atoms with E-state index in [1.807, 2.05) is 0 Å². The van der Waals surface area contributed by atoms with Gasteiger partial charge in [-0.1, -0.05) is 0 Å². The minimum atomic E-state index is -0.986. The first-order chi connectivity index (χ1) is 7.11. The van der Waals surface area contributed by atoms with Crippen LogP contribution >= 0.6 is 0 Å². The maximum Gasteiger partial charge on any atom is 0.354 e. The van der Waals surface area contributed by atoms with Crippen LogP contribution in [0.25, 0.3) is 11.6 Å². The monoisotopic (exact) mass is 206 g/mol. The van der Waals surface area contributed by atoms with E-state index in [1.54, 1.807) is 26.1 Å². The van der Waals surface area contributed by atoms with Crippen LogP contribution in [0.4, 0.5) is 0 Å². The van der Waals surface area contributed by atoms with Crippen LogP contribution in [0, 0.1) is 6.92 Å². The fourth-order valence-corrected chi connectivity index (χ4v) is 1.56. The van der Waals surface area contributed by atoms with Crippen LogP contribution in [0.3, 0.4) is 0 Å². The lowest BCUT2D eigenvalue weighted by molar-refractivity contribution is 0.0686. The number of hydrogen-bond donors (Lipinski definition) is 1. The van der Waals surface area contributed by atoms with E-state index in [0.29, 0.717) is 17.3 Å². The van der Waals surface area contributed by atoms with Gasteiger partial charge in [-0.3, -0.25) is 0 Å². The van der Waals surface area contributed by atoms with Crippen molar-refractivity contribution in [1.82, 2.24) is 9.55 Å². The first-order valence-electron chi connectivity index (χ1n) is 4.41. The van der Waals surface area contributed by atoms with Crippen molar-refractivity contribution in [3.8, 4) is 11.6 Å². The van der Waals surface area contributed by atoms with Gasteiger partial charge in [-0.05, 0) is 19.1 Å². The number of nitrogens with zero attached hydrogens (tertiary/aromatic N) is 2. The van der Waals surface area contributed by atoms with Gasteiger partial charge in [0.05, 0.1) is 12.0 Å². The predicted octanol–water partition coefficient (Wildman–Crippen LogP) is 1.69. The molecule has 5 nitrogen and oxygen atoms in total. The molecule has 0 saturated heterocycles. The Labute approximate surface area is 86.0 Å². The van der Waals surface area contributed by atoms with E-state index in [-0.39, 0.29) is 5.69 Å². The summed E-state index contributed by atoms with van der Waals surface area (Å²) >= 11 is 0. The lowest BCUT2D eigenvalue weighted by Crippen LogP contribution is -2.06. The normalized spacial score (nSPS) is 10.5. The second-order valence-electron chi connectivity index (χ2n) is 3.21. The van der Waals surface area contributed by atoms with Crippen molar-refractivity contribution < 1.29 is 14.3 Å². The fraction of sp³-hybridized carbons (Fsp3) is 0.200. The molecular formula is C10H10N2O3. The Morgan fingerprint density at radius 3 is 2.80 bits per heavy atom. The van der Waals surface area contributed by atoms with Crippen LogP contribution in [0.15, 0.2) is 22.8 Å². The molecule has 2 aromatic heterocycles. The molecule has 0 saturated carbocycles. The molecule has 0 bridgehead atoms. The van der Waals surface area contributed by atoms with Gasteiger partial charge < -0.3 is 14.1 Å². The zero-order valence-electron chi connectivity index (χ0n) is 8.39. The van der Waals surface area contributed by atoms with Crippen molar-refractivity contribution in [3.63, 3.8) is 0 Å². The summed E-state index contributed by atoms with van der Waals surface area (Å²) in [6, 6.07) is 3.48. The van der Waals surface area contributed by atoms with E-state index < -0.39 is 5.97 Å². The minimum absolute atomic E-state index is 0.182.